The molecule has 0 spiro atoms. The van der Waals surface area contributed by atoms with Crippen molar-refractivity contribution in [3.8, 4) is 0 Å². The number of rotatable bonds is 4. The molecule has 1 aromatic carbocycles. The molecule has 114 valence electrons. The van der Waals surface area contributed by atoms with Crippen molar-refractivity contribution in [3.05, 3.63) is 35.3 Å². The number of benzene rings is 1. The molecule has 1 amide bonds. The van der Waals surface area contributed by atoms with Crippen molar-refractivity contribution >= 4 is 29.0 Å². The molecular weight excluding hydrogens is 316 g/mol. The zero-order chi connectivity index (χ0) is 14.9. The van der Waals surface area contributed by atoms with Gasteiger partial charge in [-0.15, -0.1) is 10.2 Å². The SMILES string of the molecule is O=C(NC1CN2CCC1C2)c1ccc(Sc2nncs2)cc1. The lowest BCUT2D eigenvalue weighted by Gasteiger charge is -2.23. The molecule has 2 saturated heterocycles. The molecule has 3 unspecified atom stereocenters. The van der Waals surface area contributed by atoms with E-state index in [-0.39, 0.29) is 5.91 Å². The van der Waals surface area contributed by atoms with Crippen molar-refractivity contribution in [1.29, 1.82) is 0 Å². The molecule has 5 nitrogen and oxygen atoms in total. The molecule has 2 aromatic rings. The number of hydrogen-bond donors (Lipinski definition) is 1. The maximum atomic E-state index is 12.3. The molecule has 0 aliphatic carbocycles. The Labute approximate surface area is 137 Å². The van der Waals surface area contributed by atoms with Gasteiger partial charge in [-0.1, -0.05) is 23.1 Å². The van der Waals surface area contributed by atoms with Gasteiger partial charge in [-0.05, 0) is 43.1 Å². The Morgan fingerprint density at radius 1 is 1.32 bits per heavy atom. The molecule has 0 saturated carbocycles. The van der Waals surface area contributed by atoms with Gasteiger partial charge in [0.2, 0.25) is 0 Å². The van der Waals surface area contributed by atoms with Crippen molar-refractivity contribution in [2.45, 2.75) is 21.7 Å². The molecule has 0 radical (unpaired) electrons. The smallest absolute Gasteiger partial charge is 0.251 e. The van der Waals surface area contributed by atoms with Crippen LogP contribution < -0.4 is 5.32 Å². The molecule has 1 N–H and O–H groups in total. The lowest BCUT2D eigenvalue weighted by molar-refractivity contribution is 0.0924. The van der Waals surface area contributed by atoms with E-state index in [1.54, 1.807) is 17.3 Å². The van der Waals surface area contributed by atoms with E-state index in [0.29, 0.717) is 12.0 Å². The van der Waals surface area contributed by atoms with E-state index >= 15 is 0 Å². The van der Waals surface area contributed by atoms with Crippen molar-refractivity contribution in [2.24, 2.45) is 5.92 Å². The van der Waals surface area contributed by atoms with Crippen molar-refractivity contribution in [3.63, 3.8) is 0 Å². The summed E-state index contributed by atoms with van der Waals surface area (Å²) in [5.74, 6) is 0.669. The summed E-state index contributed by atoms with van der Waals surface area (Å²) < 4.78 is 0.910. The quantitative estimate of drug-likeness (QED) is 0.929. The Morgan fingerprint density at radius 2 is 2.18 bits per heavy atom. The fourth-order valence-electron chi connectivity index (χ4n) is 3.18. The van der Waals surface area contributed by atoms with E-state index in [2.05, 4.69) is 20.4 Å². The van der Waals surface area contributed by atoms with Gasteiger partial charge in [0.25, 0.3) is 5.91 Å². The minimum Gasteiger partial charge on any atom is -0.348 e. The van der Waals surface area contributed by atoms with E-state index < -0.39 is 0 Å². The molecule has 2 fully saturated rings. The summed E-state index contributed by atoms with van der Waals surface area (Å²) in [6.07, 6.45) is 1.21. The predicted molar refractivity (Wildman–Crippen MR) is 86.3 cm³/mol. The third-order valence-corrected chi connectivity index (χ3v) is 6.10. The topological polar surface area (TPSA) is 58.1 Å². The van der Waals surface area contributed by atoms with Crippen LogP contribution in [0, 0.1) is 5.92 Å². The first-order valence-electron chi connectivity index (χ1n) is 7.35. The van der Waals surface area contributed by atoms with Crippen molar-refractivity contribution in [1.82, 2.24) is 20.4 Å². The third-order valence-electron chi connectivity index (χ3n) is 4.31. The number of aromatic nitrogens is 2. The van der Waals surface area contributed by atoms with Gasteiger partial charge in [0.15, 0.2) is 4.34 Å². The van der Waals surface area contributed by atoms with Gasteiger partial charge in [0.1, 0.15) is 5.51 Å². The average molecular weight is 332 g/mol. The predicted octanol–water partition coefficient (Wildman–Crippen LogP) is 2.12. The Morgan fingerprint density at radius 3 is 2.82 bits per heavy atom. The first-order valence-corrected chi connectivity index (χ1v) is 9.05. The molecular formula is C15H16N4OS2. The summed E-state index contributed by atoms with van der Waals surface area (Å²) in [6.45, 7) is 3.33. The van der Waals surface area contributed by atoms with E-state index in [0.717, 1.165) is 27.9 Å². The van der Waals surface area contributed by atoms with Gasteiger partial charge >= 0.3 is 0 Å². The Hall–Kier alpha value is -1.44. The molecule has 7 heteroatoms. The van der Waals surface area contributed by atoms with Crippen LogP contribution in [-0.2, 0) is 0 Å². The van der Waals surface area contributed by atoms with Gasteiger partial charge < -0.3 is 10.2 Å². The zero-order valence-electron chi connectivity index (χ0n) is 11.9. The second kappa shape index (κ2) is 5.98. The highest BCUT2D eigenvalue weighted by Gasteiger charge is 2.38. The molecule has 1 aromatic heterocycles. The Bertz CT molecular complexity index is 659. The van der Waals surface area contributed by atoms with Crippen LogP contribution in [0.2, 0.25) is 0 Å². The Balaban J connectivity index is 1.38. The number of hydrogen-bond acceptors (Lipinski definition) is 6. The van der Waals surface area contributed by atoms with Crippen molar-refractivity contribution < 1.29 is 4.79 Å². The summed E-state index contributed by atoms with van der Waals surface area (Å²) >= 11 is 3.08. The minimum atomic E-state index is 0.0335. The molecule has 2 aliphatic heterocycles. The minimum absolute atomic E-state index is 0.0335. The van der Waals surface area contributed by atoms with Crippen LogP contribution in [0.5, 0.6) is 0 Å². The van der Waals surface area contributed by atoms with Gasteiger partial charge in [0, 0.05) is 29.6 Å². The lowest BCUT2D eigenvalue weighted by Crippen LogP contribution is -2.43. The van der Waals surface area contributed by atoms with Gasteiger partial charge in [-0.25, -0.2) is 0 Å². The Kier molecular flexibility index (Phi) is 3.85. The van der Waals surface area contributed by atoms with Crippen LogP contribution in [0.1, 0.15) is 16.8 Å². The maximum absolute atomic E-state index is 12.3. The third kappa shape index (κ3) is 2.88. The van der Waals surface area contributed by atoms with Crippen molar-refractivity contribution in [2.75, 3.05) is 19.6 Å². The standard InChI is InChI=1S/C15H16N4OS2/c20-14(17-13-8-19-6-5-11(13)7-19)10-1-3-12(4-2-10)22-15-18-16-9-21-15/h1-4,9,11,13H,5-8H2,(H,17,20). The van der Waals surface area contributed by atoms with Gasteiger partial charge in [-0.3, -0.25) is 4.79 Å². The second-order valence-electron chi connectivity index (χ2n) is 5.72. The number of nitrogens with one attached hydrogen (secondary N) is 1. The fraction of sp³-hybridized carbons (Fsp3) is 0.400. The van der Waals surface area contributed by atoms with Gasteiger partial charge in [-0.2, -0.15) is 0 Å². The number of nitrogens with zero attached hydrogens (tertiary/aromatic N) is 3. The highest BCUT2D eigenvalue weighted by Crippen LogP contribution is 2.29. The summed E-state index contributed by atoms with van der Waals surface area (Å²) in [5, 5.41) is 11.0. The summed E-state index contributed by atoms with van der Waals surface area (Å²) in [4.78, 5) is 15.8. The van der Waals surface area contributed by atoms with E-state index in [1.807, 2.05) is 24.3 Å². The number of carbonyl (C=O) groups is 1. The summed E-state index contributed by atoms with van der Waals surface area (Å²) in [5.41, 5.74) is 2.44. The van der Waals surface area contributed by atoms with E-state index in [4.69, 9.17) is 0 Å². The largest absolute Gasteiger partial charge is 0.348 e. The van der Waals surface area contributed by atoms with Crippen LogP contribution in [0.3, 0.4) is 0 Å². The number of fused-ring (bicyclic) bond motifs is 2. The molecule has 3 atom stereocenters. The van der Waals surface area contributed by atoms with Crippen LogP contribution in [0.4, 0.5) is 0 Å². The lowest BCUT2D eigenvalue weighted by atomic mass is 9.99. The molecule has 4 rings (SSSR count). The molecule has 3 heterocycles. The van der Waals surface area contributed by atoms with Crippen LogP contribution in [-0.4, -0.2) is 46.7 Å². The van der Waals surface area contributed by atoms with E-state index in [1.165, 1.54) is 24.3 Å². The normalized spacial score (nSPS) is 26.3. The maximum Gasteiger partial charge on any atom is 0.251 e. The monoisotopic (exact) mass is 332 g/mol. The highest BCUT2D eigenvalue weighted by atomic mass is 32.2. The second-order valence-corrected chi connectivity index (χ2v) is 7.87. The zero-order valence-corrected chi connectivity index (χ0v) is 13.6. The molecule has 2 aliphatic rings. The molecule has 22 heavy (non-hydrogen) atoms. The highest BCUT2D eigenvalue weighted by molar-refractivity contribution is 8.01. The van der Waals surface area contributed by atoms with E-state index in [9.17, 15) is 4.79 Å². The summed E-state index contributed by atoms with van der Waals surface area (Å²) in [7, 11) is 0. The number of carbonyl (C=O) groups excluding carboxylic acids is 1. The first kappa shape index (κ1) is 14.2. The van der Waals surface area contributed by atoms with Crippen LogP contribution in [0.15, 0.2) is 39.0 Å². The fourth-order valence-corrected chi connectivity index (χ4v) is 4.63. The summed E-state index contributed by atoms with van der Waals surface area (Å²) in [6, 6.07) is 8.01. The number of piperidine rings is 1. The van der Waals surface area contributed by atoms with Crippen LogP contribution in [0.25, 0.3) is 0 Å². The average Bonchev–Trinajstić information content (AvgIpc) is 3.25. The first-order chi connectivity index (χ1) is 10.8. The van der Waals surface area contributed by atoms with Gasteiger partial charge in [0.05, 0.1) is 0 Å². The molecule has 2 bridgehead atoms. The number of amides is 1. The van der Waals surface area contributed by atoms with Crippen LogP contribution >= 0.6 is 23.1 Å².